The van der Waals surface area contributed by atoms with E-state index in [2.05, 4.69) is 20.5 Å². The van der Waals surface area contributed by atoms with Crippen LogP contribution in [0.1, 0.15) is 11.6 Å². The molecule has 0 saturated carbocycles. The van der Waals surface area contributed by atoms with Crippen LogP contribution in [0.4, 0.5) is 5.69 Å². The zero-order valence-electron chi connectivity index (χ0n) is 14.7. The lowest BCUT2D eigenvalue weighted by Gasteiger charge is -2.14. The molecule has 0 aliphatic rings. The summed E-state index contributed by atoms with van der Waals surface area (Å²) in [5, 5.41) is 10.7. The normalized spacial score (nSPS) is 12.1. The van der Waals surface area contributed by atoms with Gasteiger partial charge in [-0.15, -0.1) is 0 Å². The molecule has 0 fully saturated rings. The molecule has 2 aromatic heterocycles. The first-order valence-corrected chi connectivity index (χ1v) is 8.47. The van der Waals surface area contributed by atoms with E-state index in [1.165, 1.54) is 0 Å². The predicted molar refractivity (Wildman–Crippen MR) is 104 cm³/mol. The number of methoxy groups -OCH3 is 1. The summed E-state index contributed by atoms with van der Waals surface area (Å²) < 4.78 is 5.20. The first kappa shape index (κ1) is 16.9. The molecule has 4 rings (SSSR count). The summed E-state index contributed by atoms with van der Waals surface area (Å²) in [5.41, 5.74) is 10.3. The van der Waals surface area contributed by atoms with E-state index in [4.69, 9.17) is 10.5 Å². The van der Waals surface area contributed by atoms with Crippen LogP contribution in [-0.4, -0.2) is 28.2 Å². The minimum atomic E-state index is -0.807. The van der Waals surface area contributed by atoms with E-state index in [0.717, 1.165) is 22.0 Å². The summed E-state index contributed by atoms with van der Waals surface area (Å²) >= 11 is 0. The molecule has 0 saturated heterocycles. The van der Waals surface area contributed by atoms with Crippen LogP contribution in [0.5, 0.6) is 5.75 Å². The van der Waals surface area contributed by atoms with E-state index in [0.29, 0.717) is 17.0 Å². The number of aromatic nitrogens is 3. The van der Waals surface area contributed by atoms with Gasteiger partial charge in [-0.2, -0.15) is 5.10 Å². The molecule has 1 atom stereocenters. The molecule has 1 amide bonds. The number of aromatic amines is 2. The summed E-state index contributed by atoms with van der Waals surface area (Å²) in [6.45, 7) is 0. The first-order chi connectivity index (χ1) is 13.2. The van der Waals surface area contributed by atoms with Crippen molar-refractivity contribution in [2.24, 2.45) is 5.73 Å². The quantitative estimate of drug-likeness (QED) is 0.438. The SMILES string of the molecule is COc1cccc([C@@H](N)C(=O)Nc2cccc3c(-c4cn[nH]c4)c[nH]c23)c1. The Labute approximate surface area is 155 Å². The number of nitrogens with two attached hydrogens (primary N) is 1. The van der Waals surface area contributed by atoms with Gasteiger partial charge in [0.05, 0.1) is 24.5 Å². The Morgan fingerprint density at radius 1 is 1.22 bits per heavy atom. The summed E-state index contributed by atoms with van der Waals surface area (Å²) in [5.74, 6) is 0.363. The number of amides is 1. The third-order valence-electron chi connectivity index (χ3n) is 4.52. The average Bonchev–Trinajstić information content (AvgIpc) is 3.37. The minimum absolute atomic E-state index is 0.296. The third-order valence-corrected chi connectivity index (χ3v) is 4.52. The van der Waals surface area contributed by atoms with Crippen molar-refractivity contribution in [3.8, 4) is 16.9 Å². The number of para-hydroxylation sites is 1. The maximum atomic E-state index is 12.7. The summed E-state index contributed by atoms with van der Waals surface area (Å²) in [6.07, 6.45) is 5.48. The van der Waals surface area contributed by atoms with Gasteiger partial charge in [0.25, 0.3) is 0 Å². The van der Waals surface area contributed by atoms with Gasteiger partial charge in [0, 0.05) is 28.9 Å². The summed E-state index contributed by atoms with van der Waals surface area (Å²) in [4.78, 5) is 15.9. The lowest BCUT2D eigenvalue weighted by atomic mass is 10.1. The van der Waals surface area contributed by atoms with Crippen molar-refractivity contribution in [2.75, 3.05) is 12.4 Å². The maximum Gasteiger partial charge on any atom is 0.245 e. The van der Waals surface area contributed by atoms with Crippen molar-refractivity contribution in [3.05, 3.63) is 66.6 Å². The van der Waals surface area contributed by atoms with Gasteiger partial charge in [-0.3, -0.25) is 9.89 Å². The smallest absolute Gasteiger partial charge is 0.245 e. The van der Waals surface area contributed by atoms with Gasteiger partial charge >= 0.3 is 0 Å². The zero-order valence-corrected chi connectivity index (χ0v) is 14.7. The molecule has 0 radical (unpaired) electrons. The molecule has 2 aromatic carbocycles. The molecule has 27 heavy (non-hydrogen) atoms. The Balaban J connectivity index is 1.62. The van der Waals surface area contributed by atoms with Gasteiger partial charge in [0.15, 0.2) is 0 Å². The molecule has 0 bridgehead atoms. The van der Waals surface area contributed by atoms with E-state index in [1.54, 1.807) is 25.4 Å². The van der Waals surface area contributed by atoms with Crippen LogP contribution in [0.3, 0.4) is 0 Å². The highest BCUT2D eigenvalue weighted by atomic mass is 16.5. The highest BCUT2D eigenvalue weighted by Crippen LogP contribution is 2.32. The molecule has 136 valence electrons. The molecule has 0 aliphatic heterocycles. The van der Waals surface area contributed by atoms with Crippen LogP contribution < -0.4 is 15.8 Å². The van der Waals surface area contributed by atoms with Crippen LogP contribution in [0, 0.1) is 0 Å². The molecule has 7 heteroatoms. The van der Waals surface area contributed by atoms with Crippen LogP contribution in [0.2, 0.25) is 0 Å². The van der Waals surface area contributed by atoms with E-state index < -0.39 is 6.04 Å². The largest absolute Gasteiger partial charge is 0.497 e. The third kappa shape index (κ3) is 3.16. The standard InChI is InChI=1S/C20H19N5O2/c1-27-14-5-2-4-12(8-14)18(21)20(26)25-17-7-3-6-15-16(11-22-19(15)17)13-9-23-24-10-13/h2-11,18,22H,21H2,1H3,(H,23,24)(H,25,26)/t18-/m1/s1. The molecular formula is C20H19N5O2. The van der Waals surface area contributed by atoms with Gasteiger partial charge in [-0.25, -0.2) is 0 Å². The number of nitrogens with one attached hydrogen (secondary N) is 3. The second-order valence-corrected chi connectivity index (χ2v) is 6.16. The Bertz CT molecular complexity index is 1080. The number of anilines is 1. The zero-order chi connectivity index (χ0) is 18.8. The van der Waals surface area contributed by atoms with E-state index >= 15 is 0 Å². The molecule has 0 unspecified atom stereocenters. The Kier molecular flexibility index (Phi) is 4.35. The molecule has 4 aromatic rings. The summed E-state index contributed by atoms with van der Waals surface area (Å²) in [7, 11) is 1.58. The molecule has 5 N–H and O–H groups in total. The molecular weight excluding hydrogens is 342 g/mol. The Morgan fingerprint density at radius 2 is 2.07 bits per heavy atom. The number of H-pyrrole nitrogens is 2. The number of hydrogen-bond acceptors (Lipinski definition) is 4. The van der Waals surface area contributed by atoms with Crippen molar-refractivity contribution >= 4 is 22.5 Å². The molecule has 0 spiro atoms. The fraction of sp³-hybridized carbons (Fsp3) is 0.100. The number of nitrogens with zero attached hydrogens (tertiary/aromatic N) is 1. The number of carbonyl (C=O) groups is 1. The number of rotatable bonds is 5. The van der Waals surface area contributed by atoms with Crippen molar-refractivity contribution in [1.82, 2.24) is 15.2 Å². The number of hydrogen-bond donors (Lipinski definition) is 4. The second kappa shape index (κ2) is 6.97. The number of benzene rings is 2. The van der Waals surface area contributed by atoms with Gasteiger partial charge in [0.1, 0.15) is 11.8 Å². The van der Waals surface area contributed by atoms with Crippen molar-refractivity contribution in [3.63, 3.8) is 0 Å². The molecule has 7 nitrogen and oxygen atoms in total. The monoisotopic (exact) mass is 361 g/mol. The van der Waals surface area contributed by atoms with Crippen molar-refractivity contribution in [2.45, 2.75) is 6.04 Å². The lowest BCUT2D eigenvalue weighted by Crippen LogP contribution is -2.27. The van der Waals surface area contributed by atoms with Crippen LogP contribution >= 0.6 is 0 Å². The number of fused-ring (bicyclic) bond motifs is 1. The summed E-state index contributed by atoms with van der Waals surface area (Å²) in [6, 6.07) is 12.1. The van der Waals surface area contributed by atoms with Crippen LogP contribution in [0.15, 0.2) is 61.1 Å². The van der Waals surface area contributed by atoms with E-state index in [-0.39, 0.29) is 5.91 Å². The fourth-order valence-electron chi connectivity index (χ4n) is 3.09. The highest BCUT2D eigenvalue weighted by molar-refractivity contribution is 6.06. The minimum Gasteiger partial charge on any atom is -0.497 e. The highest BCUT2D eigenvalue weighted by Gasteiger charge is 2.18. The number of ether oxygens (including phenoxy) is 1. The Morgan fingerprint density at radius 3 is 2.85 bits per heavy atom. The van der Waals surface area contributed by atoms with E-state index in [9.17, 15) is 4.79 Å². The van der Waals surface area contributed by atoms with Crippen LogP contribution in [-0.2, 0) is 4.79 Å². The Hall–Kier alpha value is -3.58. The van der Waals surface area contributed by atoms with Gasteiger partial charge in [-0.05, 0) is 23.8 Å². The first-order valence-electron chi connectivity index (χ1n) is 8.47. The van der Waals surface area contributed by atoms with Crippen LogP contribution in [0.25, 0.3) is 22.0 Å². The molecule has 0 aliphatic carbocycles. The van der Waals surface area contributed by atoms with E-state index in [1.807, 2.05) is 42.7 Å². The lowest BCUT2D eigenvalue weighted by molar-refractivity contribution is -0.117. The maximum absolute atomic E-state index is 12.7. The average molecular weight is 361 g/mol. The van der Waals surface area contributed by atoms with Gasteiger partial charge in [-0.1, -0.05) is 24.3 Å². The van der Waals surface area contributed by atoms with Crippen molar-refractivity contribution in [1.29, 1.82) is 0 Å². The van der Waals surface area contributed by atoms with Crippen molar-refractivity contribution < 1.29 is 9.53 Å². The topological polar surface area (TPSA) is 109 Å². The fourth-order valence-corrected chi connectivity index (χ4v) is 3.09. The second-order valence-electron chi connectivity index (χ2n) is 6.16. The van der Waals surface area contributed by atoms with Gasteiger partial charge in [0.2, 0.25) is 5.91 Å². The molecule has 2 heterocycles. The number of carbonyl (C=O) groups excluding carboxylic acids is 1. The van der Waals surface area contributed by atoms with Gasteiger partial charge < -0.3 is 20.8 Å². The predicted octanol–water partition coefficient (Wildman–Crippen LogP) is 3.21.